The van der Waals surface area contributed by atoms with Crippen molar-refractivity contribution in [3.8, 4) is 56.4 Å². The number of anilines is 6. The first kappa shape index (κ1) is 51.8. The third-order valence-electron chi connectivity index (χ3n) is 16.7. The highest BCUT2D eigenvalue weighted by molar-refractivity contribution is 6.11. The number of aromatic nitrogens is 4. The summed E-state index contributed by atoms with van der Waals surface area (Å²) in [5.41, 5.74) is 25.4. The molecule has 6 nitrogen and oxygen atoms in total. The lowest BCUT2D eigenvalue weighted by atomic mass is 9.99. The van der Waals surface area contributed by atoms with Crippen LogP contribution in [0.15, 0.2) is 291 Å². The van der Waals surface area contributed by atoms with E-state index < -0.39 is 0 Å². The number of para-hydroxylation sites is 2. The SMILES string of the molecule is Cc1ccc2c(c1)c1cc(C)ccc1n2-c1ccc(N(c2ccccc2)c2ccc(-c3nc(-c4ccccc4)c(-c4ccccc4)nc3-c3ccc(N(c4ccccc4)c4ccc(-n5c6ccc(C)cc6c6cc(C)ccc65)cc4)cc3)cc2)cc1. The topological polar surface area (TPSA) is 42.1 Å². The Hall–Kier alpha value is -11.1. The number of hydrogen-bond donors (Lipinski definition) is 0. The van der Waals surface area contributed by atoms with Gasteiger partial charge in [0, 0.05) is 89.3 Å². The van der Waals surface area contributed by atoms with Crippen LogP contribution in [-0.2, 0) is 0 Å². The van der Waals surface area contributed by atoms with E-state index in [1.807, 2.05) is 12.1 Å². The molecule has 410 valence electrons. The number of aryl methyl sites for hydroxylation is 4. The molecule has 3 heterocycles. The second-order valence-corrected chi connectivity index (χ2v) is 22.6. The highest BCUT2D eigenvalue weighted by Crippen LogP contribution is 2.43. The Balaban J connectivity index is 0.825. The van der Waals surface area contributed by atoms with Crippen LogP contribution >= 0.6 is 0 Å². The largest absolute Gasteiger partial charge is 0.311 e. The highest BCUT2D eigenvalue weighted by Gasteiger charge is 2.23. The lowest BCUT2D eigenvalue weighted by molar-refractivity contribution is 1.17. The molecule has 0 amide bonds. The van der Waals surface area contributed by atoms with Crippen molar-refractivity contribution in [2.75, 3.05) is 9.80 Å². The summed E-state index contributed by atoms with van der Waals surface area (Å²) in [6.45, 7) is 8.67. The molecule has 6 heteroatoms. The summed E-state index contributed by atoms with van der Waals surface area (Å²) in [4.78, 5) is 16.0. The van der Waals surface area contributed by atoms with Crippen molar-refractivity contribution in [3.05, 3.63) is 313 Å². The fourth-order valence-electron chi connectivity index (χ4n) is 12.6. The van der Waals surface area contributed by atoms with Gasteiger partial charge in [-0.25, -0.2) is 9.97 Å². The zero-order valence-corrected chi connectivity index (χ0v) is 48.4. The first-order chi connectivity index (χ1) is 42.3. The van der Waals surface area contributed by atoms with Crippen molar-refractivity contribution in [2.45, 2.75) is 27.7 Å². The molecule has 12 aromatic carbocycles. The maximum Gasteiger partial charge on any atom is 0.0973 e. The molecule has 0 aliphatic heterocycles. The predicted molar refractivity (Wildman–Crippen MR) is 361 cm³/mol. The normalized spacial score (nSPS) is 11.5. The maximum absolute atomic E-state index is 5.68. The molecule has 0 aliphatic rings. The predicted octanol–water partition coefficient (Wildman–Crippen LogP) is 21.5. The highest BCUT2D eigenvalue weighted by atomic mass is 15.1. The number of rotatable bonds is 12. The van der Waals surface area contributed by atoms with Crippen LogP contribution in [0.2, 0.25) is 0 Å². The van der Waals surface area contributed by atoms with E-state index in [4.69, 9.17) is 9.97 Å². The van der Waals surface area contributed by atoms with Crippen LogP contribution in [0.1, 0.15) is 22.3 Å². The number of nitrogens with zero attached hydrogens (tertiary/aromatic N) is 6. The summed E-state index contributed by atoms with van der Waals surface area (Å²) < 4.78 is 4.78. The second-order valence-electron chi connectivity index (χ2n) is 22.6. The molecule has 15 rings (SSSR count). The smallest absolute Gasteiger partial charge is 0.0973 e. The van der Waals surface area contributed by atoms with Crippen molar-refractivity contribution in [1.29, 1.82) is 0 Å². The Bertz CT molecular complexity index is 4540. The molecule has 0 unspecified atom stereocenters. The van der Waals surface area contributed by atoms with Crippen molar-refractivity contribution in [2.24, 2.45) is 0 Å². The van der Waals surface area contributed by atoms with Gasteiger partial charge in [-0.15, -0.1) is 0 Å². The van der Waals surface area contributed by atoms with E-state index in [9.17, 15) is 0 Å². The molecular weight excluding hydrogens is 1040 g/mol. The first-order valence-corrected chi connectivity index (χ1v) is 29.5. The first-order valence-electron chi connectivity index (χ1n) is 29.5. The van der Waals surface area contributed by atoms with E-state index in [1.165, 1.54) is 65.9 Å². The van der Waals surface area contributed by atoms with Gasteiger partial charge in [0.05, 0.1) is 44.8 Å². The van der Waals surface area contributed by atoms with Crippen LogP contribution in [0.25, 0.3) is 100 Å². The minimum absolute atomic E-state index is 0.792. The van der Waals surface area contributed by atoms with Crippen LogP contribution in [0.5, 0.6) is 0 Å². The van der Waals surface area contributed by atoms with Gasteiger partial charge in [-0.1, -0.05) is 168 Å². The number of fused-ring (bicyclic) bond motifs is 6. The standard InChI is InChI=1S/C80H60N6/c1-53-25-45-73-69(49-53)70-50-54(2)26-46-74(70)85(73)67-41-37-65(38-42-67)83(61-21-13-7-14-22-61)63-33-29-59(30-34-63)79-80(82-78(58-19-11-6-12-20-58)77(81-79)57-17-9-5-10-18-57)60-31-35-64(36-32-60)84(62-23-15-8-16-24-62)66-39-43-68(44-40-66)86-75-47-27-55(3)51-71(75)72-52-56(4)28-48-76(72)86/h5-52H,1-4H3. The lowest BCUT2D eigenvalue weighted by Crippen LogP contribution is -2.10. The van der Waals surface area contributed by atoms with Crippen LogP contribution in [0.3, 0.4) is 0 Å². The molecule has 0 N–H and O–H groups in total. The minimum atomic E-state index is 0.792. The molecule has 0 fully saturated rings. The van der Waals surface area contributed by atoms with Gasteiger partial charge in [-0.3, -0.25) is 0 Å². The van der Waals surface area contributed by atoms with Gasteiger partial charge in [0.1, 0.15) is 0 Å². The van der Waals surface area contributed by atoms with Crippen LogP contribution in [0.4, 0.5) is 34.1 Å². The third kappa shape index (κ3) is 9.34. The Morgan fingerprint density at radius 1 is 0.233 bits per heavy atom. The van der Waals surface area contributed by atoms with Gasteiger partial charge in [0.25, 0.3) is 0 Å². The molecule has 3 aromatic heterocycles. The molecule has 0 atom stereocenters. The van der Waals surface area contributed by atoms with Crippen molar-refractivity contribution in [3.63, 3.8) is 0 Å². The number of hydrogen-bond acceptors (Lipinski definition) is 4. The van der Waals surface area contributed by atoms with Gasteiger partial charge in [-0.2, -0.15) is 0 Å². The molecule has 0 radical (unpaired) electrons. The summed E-state index contributed by atoms with van der Waals surface area (Å²) in [5.74, 6) is 0. The monoisotopic (exact) mass is 1100 g/mol. The van der Waals surface area contributed by atoms with Gasteiger partial charge in [-0.05, 0) is 173 Å². The van der Waals surface area contributed by atoms with Gasteiger partial charge in [0.15, 0.2) is 0 Å². The average molecular weight is 1110 g/mol. The number of benzene rings is 12. The molecule has 0 aliphatic carbocycles. The Morgan fingerprint density at radius 3 is 0.744 bits per heavy atom. The molecule has 0 bridgehead atoms. The zero-order valence-electron chi connectivity index (χ0n) is 48.4. The van der Waals surface area contributed by atoms with E-state index in [0.717, 1.165) is 90.5 Å². The van der Waals surface area contributed by atoms with Crippen molar-refractivity contribution < 1.29 is 0 Å². The van der Waals surface area contributed by atoms with Gasteiger partial charge < -0.3 is 18.9 Å². The summed E-state index contributed by atoms with van der Waals surface area (Å²) in [7, 11) is 0. The van der Waals surface area contributed by atoms with Gasteiger partial charge >= 0.3 is 0 Å². The molecule has 0 spiro atoms. The van der Waals surface area contributed by atoms with E-state index in [-0.39, 0.29) is 0 Å². The van der Waals surface area contributed by atoms with Crippen LogP contribution in [-0.4, -0.2) is 19.1 Å². The molecule has 15 aromatic rings. The molecule has 86 heavy (non-hydrogen) atoms. The fraction of sp³-hybridized carbons (Fsp3) is 0.0500. The summed E-state index contributed by atoms with van der Waals surface area (Å²) >= 11 is 0. The van der Waals surface area contributed by atoms with Crippen LogP contribution < -0.4 is 9.80 Å². The lowest BCUT2D eigenvalue weighted by Gasteiger charge is -2.26. The van der Waals surface area contributed by atoms with Gasteiger partial charge in [0.2, 0.25) is 0 Å². The Labute approximate surface area is 501 Å². The quantitative estimate of drug-likeness (QED) is 0.122. The summed E-state index contributed by atoms with van der Waals surface area (Å²) in [6, 6.07) is 105. The molecule has 0 saturated carbocycles. The van der Waals surface area contributed by atoms with Crippen LogP contribution in [0, 0.1) is 27.7 Å². The van der Waals surface area contributed by atoms with E-state index in [0.29, 0.717) is 0 Å². The summed E-state index contributed by atoms with van der Waals surface area (Å²) in [6.07, 6.45) is 0. The molecular formula is C80H60N6. The molecule has 0 saturated heterocycles. The van der Waals surface area contributed by atoms with Crippen molar-refractivity contribution >= 4 is 77.7 Å². The van der Waals surface area contributed by atoms with Crippen molar-refractivity contribution in [1.82, 2.24) is 19.1 Å². The average Bonchev–Trinajstić information content (AvgIpc) is 2.24. The minimum Gasteiger partial charge on any atom is -0.311 e. The Kier molecular flexibility index (Phi) is 13.0. The zero-order chi connectivity index (χ0) is 57.8. The second kappa shape index (κ2) is 21.6. The van der Waals surface area contributed by atoms with E-state index in [2.05, 4.69) is 326 Å². The maximum atomic E-state index is 5.68. The third-order valence-corrected chi connectivity index (χ3v) is 16.7. The Morgan fingerprint density at radius 2 is 0.465 bits per heavy atom. The summed E-state index contributed by atoms with van der Waals surface area (Å²) in [5, 5.41) is 5.07. The van der Waals surface area contributed by atoms with E-state index in [1.54, 1.807) is 0 Å². The fourth-order valence-corrected chi connectivity index (χ4v) is 12.6. The van der Waals surface area contributed by atoms with E-state index >= 15 is 0 Å².